The summed E-state index contributed by atoms with van der Waals surface area (Å²) in [5, 5.41) is 0.00540. The lowest BCUT2D eigenvalue weighted by molar-refractivity contribution is -0.132. The summed E-state index contributed by atoms with van der Waals surface area (Å²) >= 11 is 0. The van der Waals surface area contributed by atoms with E-state index in [1.165, 1.54) is 0 Å². The van der Waals surface area contributed by atoms with Gasteiger partial charge < -0.3 is 14.2 Å². The van der Waals surface area contributed by atoms with Crippen molar-refractivity contribution in [2.45, 2.75) is 36.8 Å². The summed E-state index contributed by atoms with van der Waals surface area (Å²) < 4.78 is 32.9. The quantitative estimate of drug-likeness (QED) is 0.525. The second kappa shape index (κ2) is 9.37. The lowest BCUT2D eigenvalue weighted by Gasteiger charge is -2.22. The van der Waals surface area contributed by atoms with Crippen LogP contribution in [0.2, 0.25) is 0 Å². The Labute approximate surface area is 171 Å². The third-order valence-electron chi connectivity index (χ3n) is 4.84. The van der Waals surface area contributed by atoms with E-state index in [4.69, 9.17) is 4.74 Å². The van der Waals surface area contributed by atoms with Crippen molar-refractivity contribution in [3.8, 4) is 0 Å². The normalized spacial score (nSPS) is 14.0. The van der Waals surface area contributed by atoms with E-state index in [2.05, 4.69) is 11.6 Å². The van der Waals surface area contributed by atoms with Crippen LogP contribution in [0.15, 0.2) is 54.3 Å². The summed E-state index contributed by atoms with van der Waals surface area (Å²) in [6.45, 7) is 5.12. The van der Waals surface area contributed by atoms with Crippen LogP contribution in [0.3, 0.4) is 0 Å². The Balaban J connectivity index is 1.89. The van der Waals surface area contributed by atoms with Gasteiger partial charge in [0, 0.05) is 26.1 Å². The van der Waals surface area contributed by atoms with E-state index in [0.717, 1.165) is 12.8 Å². The van der Waals surface area contributed by atoms with Crippen LogP contribution < -0.4 is 0 Å². The molecule has 0 spiro atoms. The number of carbonyl (C=O) groups is 1. The average Bonchev–Trinajstić information content (AvgIpc) is 3.47. The zero-order chi connectivity index (χ0) is 20.9. The highest BCUT2D eigenvalue weighted by atomic mass is 32.2. The van der Waals surface area contributed by atoms with Gasteiger partial charge >= 0.3 is 0 Å². The predicted octanol–water partition coefficient (Wildman–Crippen LogP) is 2.43. The van der Waals surface area contributed by atoms with Crippen LogP contribution in [0, 0.1) is 5.92 Å². The molecule has 0 aliphatic heterocycles. The topological polar surface area (TPSA) is 81.5 Å². The highest BCUT2D eigenvalue weighted by Crippen LogP contribution is 2.31. The molecule has 0 atom stereocenters. The Bertz CT molecular complexity index is 950. The van der Waals surface area contributed by atoms with Crippen molar-refractivity contribution < 1.29 is 17.9 Å². The molecular weight excluding hydrogens is 390 g/mol. The highest BCUT2D eigenvalue weighted by Gasteiger charge is 2.34. The minimum atomic E-state index is -3.65. The van der Waals surface area contributed by atoms with Crippen molar-refractivity contribution in [2.75, 3.05) is 20.3 Å². The van der Waals surface area contributed by atoms with Crippen molar-refractivity contribution in [2.24, 2.45) is 5.92 Å². The SMILES string of the molecule is C=CCN(Cc1cnc(S(=O)(=O)Cc2ccccc2)n1CCOC)C(=O)C1CC1. The van der Waals surface area contributed by atoms with Gasteiger partial charge in [0.05, 0.1) is 30.8 Å². The third-order valence-corrected chi connectivity index (χ3v) is 6.43. The first kappa shape index (κ1) is 21.3. The van der Waals surface area contributed by atoms with Gasteiger partial charge in [-0.1, -0.05) is 36.4 Å². The Morgan fingerprint density at radius 2 is 2.07 bits per heavy atom. The number of hydrogen-bond donors (Lipinski definition) is 0. The molecule has 0 saturated heterocycles. The lowest BCUT2D eigenvalue weighted by atomic mass is 10.2. The number of benzene rings is 1. The second-order valence-corrected chi connectivity index (χ2v) is 9.09. The number of aromatic nitrogens is 2. The molecule has 0 unspecified atom stereocenters. The number of nitrogens with zero attached hydrogens (tertiary/aromatic N) is 3. The number of ether oxygens (including phenoxy) is 1. The maximum Gasteiger partial charge on any atom is 0.228 e. The molecule has 8 heteroatoms. The molecule has 1 saturated carbocycles. The third kappa shape index (κ3) is 5.33. The molecule has 2 aromatic rings. The summed E-state index contributed by atoms with van der Waals surface area (Å²) in [5.74, 6) is 0.0268. The van der Waals surface area contributed by atoms with Gasteiger partial charge in [0.15, 0.2) is 0 Å². The fourth-order valence-corrected chi connectivity index (χ4v) is 4.74. The number of amides is 1. The highest BCUT2D eigenvalue weighted by molar-refractivity contribution is 7.90. The number of rotatable bonds is 11. The molecule has 1 heterocycles. The number of methoxy groups -OCH3 is 1. The van der Waals surface area contributed by atoms with Gasteiger partial charge in [-0.3, -0.25) is 4.79 Å². The molecule has 1 aliphatic carbocycles. The van der Waals surface area contributed by atoms with Crippen LogP contribution in [0.4, 0.5) is 0 Å². The smallest absolute Gasteiger partial charge is 0.228 e. The van der Waals surface area contributed by atoms with Gasteiger partial charge in [-0.15, -0.1) is 6.58 Å². The van der Waals surface area contributed by atoms with E-state index >= 15 is 0 Å². The van der Waals surface area contributed by atoms with E-state index in [1.807, 2.05) is 18.2 Å². The molecule has 1 amide bonds. The Hall–Kier alpha value is -2.45. The first-order chi connectivity index (χ1) is 14.0. The molecule has 3 rings (SSSR count). The predicted molar refractivity (Wildman–Crippen MR) is 110 cm³/mol. The van der Waals surface area contributed by atoms with E-state index < -0.39 is 9.84 Å². The summed E-state index contributed by atoms with van der Waals surface area (Å²) in [6.07, 6.45) is 5.05. The number of hydrogen-bond acceptors (Lipinski definition) is 5. The standard InChI is InChI=1S/C21H27N3O4S/c1-3-11-23(20(25)18-9-10-18)15-19-14-22-21(24(19)12-13-28-2)29(26,27)16-17-7-5-4-6-8-17/h3-8,14,18H,1,9-13,15-16H2,2H3. The van der Waals surface area contributed by atoms with Crippen molar-refractivity contribution >= 4 is 15.7 Å². The minimum Gasteiger partial charge on any atom is -0.383 e. The molecule has 29 heavy (non-hydrogen) atoms. The second-order valence-electron chi connectivity index (χ2n) is 7.20. The van der Waals surface area contributed by atoms with Crippen LogP contribution in [-0.2, 0) is 38.2 Å². The molecular formula is C21H27N3O4S. The first-order valence-corrected chi connectivity index (χ1v) is 11.3. The molecule has 1 fully saturated rings. The zero-order valence-corrected chi connectivity index (χ0v) is 17.5. The van der Waals surface area contributed by atoms with Gasteiger partial charge in [-0.05, 0) is 18.4 Å². The van der Waals surface area contributed by atoms with Crippen molar-refractivity contribution in [1.29, 1.82) is 0 Å². The summed E-state index contributed by atoms with van der Waals surface area (Å²) in [6, 6.07) is 9.02. The molecule has 1 aromatic heterocycles. The lowest BCUT2D eigenvalue weighted by Crippen LogP contribution is -2.33. The van der Waals surface area contributed by atoms with Crippen molar-refractivity contribution in [3.05, 3.63) is 60.4 Å². The van der Waals surface area contributed by atoms with Crippen LogP contribution in [0.5, 0.6) is 0 Å². The number of imidazole rings is 1. The average molecular weight is 418 g/mol. The van der Waals surface area contributed by atoms with Gasteiger partial charge in [-0.25, -0.2) is 13.4 Å². The Morgan fingerprint density at radius 3 is 2.69 bits per heavy atom. The molecule has 7 nitrogen and oxygen atoms in total. The van der Waals surface area contributed by atoms with Gasteiger partial charge in [-0.2, -0.15) is 0 Å². The summed E-state index contributed by atoms with van der Waals surface area (Å²) in [5.41, 5.74) is 1.37. The van der Waals surface area contributed by atoms with E-state index in [-0.39, 0.29) is 22.7 Å². The van der Waals surface area contributed by atoms with E-state index in [0.29, 0.717) is 37.5 Å². The fourth-order valence-electron chi connectivity index (χ4n) is 3.22. The number of carbonyl (C=O) groups excluding carboxylic acids is 1. The van der Waals surface area contributed by atoms with Crippen molar-refractivity contribution in [1.82, 2.24) is 14.5 Å². The number of sulfone groups is 1. The van der Waals surface area contributed by atoms with Gasteiger partial charge in [0.2, 0.25) is 20.9 Å². The largest absolute Gasteiger partial charge is 0.383 e. The molecule has 0 N–H and O–H groups in total. The van der Waals surface area contributed by atoms with E-state index in [1.54, 1.807) is 41.0 Å². The molecule has 1 aromatic carbocycles. The zero-order valence-electron chi connectivity index (χ0n) is 16.7. The minimum absolute atomic E-state index is 0.00540. The Morgan fingerprint density at radius 1 is 1.34 bits per heavy atom. The van der Waals surface area contributed by atoms with Gasteiger partial charge in [0.25, 0.3) is 0 Å². The summed E-state index contributed by atoms with van der Waals surface area (Å²) in [4.78, 5) is 18.5. The maximum atomic E-state index is 13.0. The van der Waals surface area contributed by atoms with Crippen LogP contribution in [-0.4, -0.2) is 49.0 Å². The van der Waals surface area contributed by atoms with E-state index in [9.17, 15) is 13.2 Å². The van der Waals surface area contributed by atoms with Crippen LogP contribution >= 0.6 is 0 Å². The molecule has 1 aliphatic rings. The molecule has 156 valence electrons. The van der Waals surface area contributed by atoms with Crippen molar-refractivity contribution in [3.63, 3.8) is 0 Å². The molecule has 0 radical (unpaired) electrons. The fraction of sp³-hybridized carbons (Fsp3) is 0.429. The van der Waals surface area contributed by atoms with Crippen LogP contribution in [0.25, 0.3) is 0 Å². The van der Waals surface area contributed by atoms with Gasteiger partial charge in [0.1, 0.15) is 0 Å². The maximum absolute atomic E-state index is 13.0. The molecule has 0 bridgehead atoms. The van der Waals surface area contributed by atoms with Crippen LogP contribution in [0.1, 0.15) is 24.1 Å². The Kier molecular flexibility index (Phi) is 6.87. The first-order valence-electron chi connectivity index (χ1n) is 9.66. The monoisotopic (exact) mass is 417 g/mol. The summed E-state index contributed by atoms with van der Waals surface area (Å²) in [7, 11) is -2.09.